The first-order valence-corrected chi connectivity index (χ1v) is 8.07. The lowest BCUT2D eigenvalue weighted by molar-refractivity contribution is 0.220. The Bertz CT molecular complexity index is 417. The maximum atomic E-state index is 14.1. The first-order valence-electron chi connectivity index (χ1n) is 6.95. The van der Waals surface area contributed by atoms with Crippen LogP contribution in [-0.4, -0.2) is 37.6 Å². The van der Waals surface area contributed by atoms with Gasteiger partial charge in [0.05, 0.1) is 5.69 Å². The van der Waals surface area contributed by atoms with Gasteiger partial charge < -0.3 is 9.80 Å². The van der Waals surface area contributed by atoms with Gasteiger partial charge >= 0.3 is 0 Å². The van der Waals surface area contributed by atoms with Gasteiger partial charge in [-0.25, -0.2) is 4.39 Å². The Morgan fingerprint density at radius 3 is 2.58 bits per heavy atom. The highest BCUT2D eigenvalue weighted by Crippen LogP contribution is 2.26. The normalized spacial score (nSPS) is 17.7. The highest BCUT2D eigenvalue weighted by atomic mass is 79.9. The molecular formula is C15H22BrFN2. The van der Waals surface area contributed by atoms with Crippen LogP contribution in [-0.2, 0) is 5.33 Å². The third-order valence-corrected chi connectivity index (χ3v) is 4.75. The number of hydrogen-bond acceptors (Lipinski definition) is 2. The second kappa shape index (κ2) is 6.71. The summed E-state index contributed by atoms with van der Waals surface area (Å²) in [5.41, 5.74) is 1.70. The van der Waals surface area contributed by atoms with Crippen LogP contribution in [0, 0.1) is 5.82 Å². The van der Waals surface area contributed by atoms with Crippen molar-refractivity contribution < 1.29 is 4.39 Å². The van der Waals surface area contributed by atoms with Crippen molar-refractivity contribution >= 4 is 21.6 Å². The quantitative estimate of drug-likeness (QED) is 0.778. The van der Waals surface area contributed by atoms with Crippen molar-refractivity contribution in [3.63, 3.8) is 0 Å². The number of anilines is 1. The molecule has 2 rings (SSSR count). The summed E-state index contributed by atoms with van der Waals surface area (Å²) in [7, 11) is 2.01. The molecule has 1 aromatic carbocycles. The molecular weight excluding hydrogens is 307 g/mol. The van der Waals surface area contributed by atoms with Gasteiger partial charge in [-0.2, -0.15) is 0 Å². The van der Waals surface area contributed by atoms with Crippen LogP contribution in [0.1, 0.15) is 25.3 Å². The number of piperidine rings is 1. The second-order valence-electron chi connectivity index (χ2n) is 5.20. The molecule has 0 radical (unpaired) electrons. The topological polar surface area (TPSA) is 6.48 Å². The largest absolute Gasteiger partial charge is 0.369 e. The predicted molar refractivity (Wildman–Crippen MR) is 82.6 cm³/mol. The Balaban J connectivity index is 2.05. The maximum Gasteiger partial charge on any atom is 0.146 e. The van der Waals surface area contributed by atoms with Gasteiger partial charge in [0.1, 0.15) is 5.82 Å². The van der Waals surface area contributed by atoms with Crippen LogP contribution in [0.5, 0.6) is 0 Å². The molecule has 0 spiro atoms. The zero-order valence-corrected chi connectivity index (χ0v) is 13.3. The predicted octanol–water partition coefficient (Wildman–Crippen LogP) is 3.64. The summed E-state index contributed by atoms with van der Waals surface area (Å²) in [6, 6.07) is 5.97. The number of alkyl halides is 1. The van der Waals surface area contributed by atoms with Crippen LogP contribution in [0.25, 0.3) is 0 Å². The van der Waals surface area contributed by atoms with Crippen LogP contribution < -0.4 is 4.90 Å². The summed E-state index contributed by atoms with van der Waals surface area (Å²) in [4.78, 5) is 4.56. The van der Waals surface area contributed by atoms with Gasteiger partial charge in [0.25, 0.3) is 0 Å². The van der Waals surface area contributed by atoms with E-state index in [9.17, 15) is 4.39 Å². The van der Waals surface area contributed by atoms with Crippen molar-refractivity contribution in [2.75, 3.05) is 31.6 Å². The SMILES string of the molecule is CCN1CCC(N(C)c2ccc(CBr)cc2F)CC1. The van der Waals surface area contributed by atoms with Gasteiger partial charge in [0, 0.05) is 31.5 Å². The monoisotopic (exact) mass is 328 g/mol. The molecule has 0 bridgehead atoms. The number of hydrogen-bond donors (Lipinski definition) is 0. The van der Waals surface area contributed by atoms with E-state index in [4.69, 9.17) is 0 Å². The van der Waals surface area contributed by atoms with Gasteiger partial charge in [0.15, 0.2) is 0 Å². The van der Waals surface area contributed by atoms with E-state index in [0.717, 1.165) is 43.7 Å². The van der Waals surface area contributed by atoms with Gasteiger partial charge in [-0.05, 0) is 37.1 Å². The molecule has 0 saturated carbocycles. The Labute approximate surface area is 123 Å². The molecule has 0 aliphatic carbocycles. The summed E-state index contributed by atoms with van der Waals surface area (Å²) >= 11 is 3.36. The van der Waals surface area contributed by atoms with E-state index in [-0.39, 0.29) is 5.82 Å². The molecule has 106 valence electrons. The molecule has 0 aromatic heterocycles. The molecule has 0 amide bonds. The van der Waals surface area contributed by atoms with Crippen LogP contribution in [0.2, 0.25) is 0 Å². The van der Waals surface area contributed by atoms with Gasteiger partial charge in [-0.15, -0.1) is 0 Å². The molecule has 4 heteroatoms. The molecule has 1 aliphatic heterocycles. The minimum Gasteiger partial charge on any atom is -0.369 e. The minimum absolute atomic E-state index is 0.114. The Morgan fingerprint density at radius 1 is 1.37 bits per heavy atom. The molecule has 1 aromatic rings. The molecule has 1 saturated heterocycles. The van der Waals surface area contributed by atoms with Crippen molar-refractivity contribution in [3.8, 4) is 0 Å². The number of nitrogens with zero attached hydrogens (tertiary/aromatic N) is 2. The molecule has 19 heavy (non-hydrogen) atoms. The fourth-order valence-electron chi connectivity index (χ4n) is 2.74. The first kappa shape index (κ1) is 14.8. The van der Waals surface area contributed by atoms with Gasteiger partial charge in [-0.1, -0.05) is 28.9 Å². The van der Waals surface area contributed by atoms with E-state index in [1.165, 1.54) is 0 Å². The standard InChI is InChI=1S/C15H22BrFN2/c1-3-19-8-6-13(7-9-19)18(2)15-5-4-12(11-16)10-14(15)17/h4-5,10,13H,3,6-9,11H2,1-2H3. The lowest BCUT2D eigenvalue weighted by atomic mass is 10.0. The molecule has 1 fully saturated rings. The number of benzene rings is 1. The summed E-state index contributed by atoms with van der Waals surface area (Å²) in [6.07, 6.45) is 2.23. The Hall–Kier alpha value is -0.610. The van der Waals surface area contributed by atoms with Crippen molar-refractivity contribution in [3.05, 3.63) is 29.6 Å². The third-order valence-electron chi connectivity index (χ3n) is 4.10. The maximum absolute atomic E-state index is 14.1. The third kappa shape index (κ3) is 3.48. The van der Waals surface area contributed by atoms with E-state index < -0.39 is 0 Å². The second-order valence-corrected chi connectivity index (χ2v) is 5.76. The molecule has 0 atom stereocenters. The average molecular weight is 329 g/mol. The number of rotatable bonds is 4. The van der Waals surface area contributed by atoms with Crippen molar-refractivity contribution in [2.45, 2.75) is 31.1 Å². The summed E-state index contributed by atoms with van der Waals surface area (Å²) in [5, 5.41) is 0.697. The molecule has 1 heterocycles. The van der Waals surface area contributed by atoms with Crippen LogP contribution in [0.4, 0.5) is 10.1 Å². The lowest BCUT2D eigenvalue weighted by Gasteiger charge is -2.37. The molecule has 0 N–H and O–H groups in total. The zero-order chi connectivity index (χ0) is 13.8. The lowest BCUT2D eigenvalue weighted by Crippen LogP contribution is -2.43. The summed E-state index contributed by atoms with van der Waals surface area (Å²) < 4.78 is 14.1. The highest BCUT2D eigenvalue weighted by molar-refractivity contribution is 9.08. The fraction of sp³-hybridized carbons (Fsp3) is 0.600. The van der Waals surface area contributed by atoms with Crippen LogP contribution in [0.3, 0.4) is 0 Å². The summed E-state index contributed by atoms with van der Waals surface area (Å²) in [5.74, 6) is -0.114. The Morgan fingerprint density at radius 2 is 2.05 bits per heavy atom. The summed E-state index contributed by atoms with van der Waals surface area (Å²) in [6.45, 7) is 5.55. The number of halogens is 2. The first-order chi connectivity index (χ1) is 9.15. The Kier molecular flexibility index (Phi) is 5.22. The minimum atomic E-state index is -0.114. The molecule has 1 aliphatic rings. The van der Waals surface area contributed by atoms with Crippen molar-refractivity contribution in [2.24, 2.45) is 0 Å². The van der Waals surface area contributed by atoms with Gasteiger partial charge in [0.2, 0.25) is 0 Å². The van der Waals surface area contributed by atoms with E-state index in [2.05, 4.69) is 32.7 Å². The van der Waals surface area contributed by atoms with Crippen molar-refractivity contribution in [1.82, 2.24) is 4.90 Å². The average Bonchev–Trinajstić information content (AvgIpc) is 2.46. The van der Waals surface area contributed by atoms with E-state index in [1.807, 2.05) is 19.2 Å². The smallest absolute Gasteiger partial charge is 0.146 e. The number of likely N-dealkylation sites (tertiary alicyclic amines) is 1. The van der Waals surface area contributed by atoms with E-state index in [1.54, 1.807) is 6.07 Å². The van der Waals surface area contributed by atoms with Crippen molar-refractivity contribution in [1.29, 1.82) is 0 Å². The van der Waals surface area contributed by atoms with Crippen LogP contribution in [0.15, 0.2) is 18.2 Å². The van der Waals surface area contributed by atoms with Crippen LogP contribution >= 0.6 is 15.9 Å². The fourth-order valence-corrected chi connectivity index (χ4v) is 3.09. The molecule has 0 unspecified atom stereocenters. The molecule has 2 nitrogen and oxygen atoms in total. The van der Waals surface area contributed by atoms with E-state index >= 15 is 0 Å². The van der Waals surface area contributed by atoms with E-state index in [0.29, 0.717) is 11.4 Å². The van der Waals surface area contributed by atoms with Gasteiger partial charge in [-0.3, -0.25) is 0 Å². The highest BCUT2D eigenvalue weighted by Gasteiger charge is 2.23. The zero-order valence-electron chi connectivity index (χ0n) is 11.7.